The third-order valence-corrected chi connectivity index (χ3v) is 2.70. The second kappa shape index (κ2) is 4.33. The zero-order valence-electron chi connectivity index (χ0n) is 7.71. The molecule has 0 aliphatic heterocycles. The minimum Gasteiger partial charge on any atom is -0.480 e. The number of carbonyl (C=O) groups is 1. The van der Waals surface area contributed by atoms with Gasteiger partial charge in [-0.1, -0.05) is 0 Å². The Bertz CT molecular complexity index is 450. The Morgan fingerprint density at radius 3 is 3.20 bits per heavy atom. The highest BCUT2D eigenvalue weighted by molar-refractivity contribution is 7.18. The Morgan fingerprint density at radius 2 is 2.47 bits per heavy atom. The molecule has 0 unspecified atom stereocenters. The second-order valence-corrected chi connectivity index (χ2v) is 3.95. The van der Waals surface area contributed by atoms with Gasteiger partial charge in [-0.2, -0.15) is 0 Å². The highest BCUT2D eigenvalue weighted by Crippen LogP contribution is 2.20. The predicted molar refractivity (Wildman–Crippen MR) is 54.7 cm³/mol. The lowest BCUT2D eigenvalue weighted by Gasteiger charge is -1.95. The summed E-state index contributed by atoms with van der Waals surface area (Å²) < 4.78 is 5.97. The number of hydrogen-bond acceptors (Lipinski definition) is 5. The molecule has 0 aromatic carbocycles. The fraction of sp³-hybridized carbons (Fsp3) is 0.222. The van der Waals surface area contributed by atoms with Crippen molar-refractivity contribution >= 4 is 27.5 Å². The minimum atomic E-state index is -0.974. The molecule has 0 amide bonds. The molecule has 2 heterocycles. The average molecular weight is 224 g/mol. The Morgan fingerprint density at radius 1 is 1.60 bits per heavy atom. The number of rotatable bonds is 4. The fourth-order valence-corrected chi connectivity index (χ4v) is 1.99. The molecule has 15 heavy (non-hydrogen) atoms. The summed E-state index contributed by atoms with van der Waals surface area (Å²) >= 11 is 1.48. The summed E-state index contributed by atoms with van der Waals surface area (Å²) in [4.78, 5) is 18.4. The van der Waals surface area contributed by atoms with Gasteiger partial charge in [0.15, 0.2) is 0 Å². The first kappa shape index (κ1) is 10.0. The number of aromatic nitrogens is 2. The van der Waals surface area contributed by atoms with Crippen molar-refractivity contribution in [2.75, 3.05) is 6.61 Å². The fourth-order valence-electron chi connectivity index (χ4n) is 1.12. The van der Waals surface area contributed by atoms with E-state index in [9.17, 15) is 4.79 Å². The molecular weight excluding hydrogens is 216 g/mol. The van der Waals surface area contributed by atoms with Crippen LogP contribution < -0.4 is 0 Å². The van der Waals surface area contributed by atoms with Gasteiger partial charge in [0.25, 0.3) is 0 Å². The van der Waals surface area contributed by atoms with E-state index in [-0.39, 0.29) is 13.2 Å². The lowest BCUT2D eigenvalue weighted by atomic mass is 10.5. The highest BCUT2D eigenvalue weighted by atomic mass is 32.1. The van der Waals surface area contributed by atoms with Gasteiger partial charge in [0.2, 0.25) is 0 Å². The topological polar surface area (TPSA) is 72.3 Å². The van der Waals surface area contributed by atoms with Crippen molar-refractivity contribution in [3.63, 3.8) is 0 Å². The quantitative estimate of drug-likeness (QED) is 0.847. The molecule has 0 aliphatic carbocycles. The molecule has 0 saturated heterocycles. The zero-order chi connectivity index (χ0) is 10.7. The van der Waals surface area contributed by atoms with Crippen LogP contribution in [0.2, 0.25) is 0 Å². The number of ether oxygens (including phenoxy) is 1. The Hall–Kier alpha value is -1.53. The van der Waals surface area contributed by atoms with E-state index in [1.54, 1.807) is 12.4 Å². The monoisotopic (exact) mass is 224 g/mol. The van der Waals surface area contributed by atoms with Crippen LogP contribution in [0, 0.1) is 0 Å². The SMILES string of the molecule is O=C(O)COCc1nc2cnccc2s1. The Balaban J connectivity index is 2.05. The van der Waals surface area contributed by atoms with E-state index in [2.05, 4.69) is 9.97 Å². The molecule has 0 atom stereocenters. The summed E-state index contributed by atoms with van der Waals surface area (Å²) in [5, 5.41) is 9.14. The van der Waals surface area contributed by atoms with Gasteiger partial charge in [-0.3, -0.25) is 4.98 Å². The number of carboxylic acid groups (broad SMARTS) is 1. The van der Waals surface area contributed by atoms with Crippen LogP contribution in [-0.2, 0) is 16.1 Å². The largest absolute Gasteiger partial charge is 0.480 e. The van der Waals surface area contributed by atoms with Crippen molar-refractivity contribution < 1.29 is 14.6 Å². The van der Waals surface area contributed by atoms with Crippen LogP contribution in [0.25, 0.3) is 10.2 Å². The lowest BCUT2D eigenvalue weighted by Crippen LogP contribution is -2.06. The van der Waals surface area contributed by atoms with Crippen LogP contribution in [-0.4, -0.2) is 27.7 Å². The van der Waals surface area contributed by atoms with E-state index in [0.717, 1.165) is 15.2 Å². The van der Waals surface area contributed by atoms with E-state index in [4.69, 9.17) is 9.84 Å². The van der Waals surface area contributed by atoms with Gasteiger partial charge < -0.3 is 9.84 Å². The van der Waals surface area contributed by atoms with Crippen molar-refractivity contribution in [1.29, 1.82) is 0 Å². The normalized spacial score (nSPS) is 10.7. The van der Waals surface area contributed by atoms with Crippen molar-refractivity contribution in [1.82, 2.24) is 9.97 Å². The summed E-state index contributed by atoms with van der Waals surface area (Å²) in [6, 6.07) is 1.87. The molecule has 2 aromatic rings. The molecule has 0 saturated carbocycles. The number of nitrogens with zero attached hydrogens (tertiary/aromatic N) is 2. The Kier molecular flexibility index (Phi) is 2.89. The van der Waals surface area contributed by atoms with Crippen LogP contribution in [0.15, 0.2) is 18.5 Å². The summed E-state index contributed by atoms with van der Waals surface area (Å²) in [6.07, 6.45) is 3.37. The predicted octanol–water partition coefficient (Wildman–Crippen LogP) is 1.29. The molecule has 6 heteroatoms. The van der Waals surface area contributed by atoms with Crippen molar-refractivity contribution in [3.05, 3.63) is 23.5 Å². The lowest BCUT2D eigenvalue weighted by molar-refractivity contribution is -0.142. The first-order valence-electron chi connectivity index (χ1n) is 4.24. The summed E-state index contributed by atoms with van der Waals surface area (Å²) in [5.41, 5.74) is 0.816. The van der Waals surface area contributed by atoms with Gasteiger partial charge in [0.1, 0.15) is 11.6 Å². The summed E-state index contributed by atoms with van der Waals surface area (Å²) in [7, 11) is 0. The first-order valence-corrected chi connectivity index (χ1v) is 5.06. The van der Waals surface area contributed by atoms with Crippen LogP contribution in [0.5, 0.6) is 0 Å². The van der Waals surface area contributed by atoms with Crippen molar-refractivity contribution in [3.8, 4) is 0 Å². The minimum absolute atomic E-state index is 0.228. The van der Waals surface area contributed by atoms with Gasteiger partial charge in [-0.15, -0.1) is 11.3 Å². The second-order valence-electron chi connectivity index (χ2n) is 2.84. The van der Waals surface area contributed by atoms with Crippen molar-refractivity contribution in [2.24, 2.45) is 0 Å². The van der Waals surface area contributed by atoms with Crippen LogP contribution >= 0.6 is 11.3 Å². The first-order chi connectivity index (χ1) is 7.25. The van der Waals surface area contributed by atoms with Gasteiger partial charge in [-0.05, 0) is 6.07 Å². The van der Waals surface area contributed by atoms with E-state index in [1.165, 1.54) is 11.3 Å². The number of carboxylic acids is 1. The van der Waals surface area contributed by atoms with Gasteiger partial charge in [0, 0.05) is 6.20 Å². The summed E-state index contributed by atoms with van der Waals surface area (Å²) in [6.45, 7) is -0.0696. The maximum absolute atomic E-state index is 10.2. The molecule has 2 rings (SSSR count). The highest BCUT2D eigenvalue weighted by Gasteiger charge is 2.04. The number of thiazole rings is 1. The smallest absolute Gasteiger partial charge is 0.329 e. The van der Waals surface area contributed by atoms with E-state index < -0.39 is 5.97 Å². The standard InChI is InChI=1S/C9H8N2O3S/c12-9(13)5-14-4-8-11-6-3-10-2-1-7(6)15-8/h1-3H,4-5H2,(H,12,13). The van der Waals surface area contributed by atoms with Gasteiger partial charge in [0.05, 0.1) is 23.0 Å². The third kappa shape index (κ3) is 2.48. The Labute approximate surface area is 89.4 Å². The van der Waals surface area contributed by atoms with Gasteiger partial charge >= 0.3 is 5.97 Å². The number of pyridine rings is 1. The van der Waals surface area contributed by atoms with Crippen LogP contribution in [0.4, 0.5) is 0 Å². The van der Waals surface area contributed by atoms with Crippen LogP contribution in [0.3, 0.4) is 0 Å². The summed E-state index contributed by atoms with van der Waals surface area (Å²) in [5.74, 6) is -0.974. The third-order valence-electron chi connectivity index (χ3n) is 1.69. The molecule has 2 aromatic heterocycles. The zero-order valence-corrected chi connectivity index (χ0v) is 8.53. The maximum Gasteiger partial charge on any atom is 0.329 e. The van der Waals surface area contributed by atoms with Gasteiger partial charge in [-0.25, -0.2) is 9.78 Å². The molecular formula is C9H8N2O3S. The molecule has 0 spiro atoms. The number of fused-ring (bicyclic) bond motifs is 1. The maximum atomic E-state index is 10.2. The van der Waals surface area contributed by atoms with E-state index in [0.29, 0.717) is 0 Å². The van der Waals surface area contributed by atoms with Crippen molar-refractivity contribution in [2.45, 2.75) is 6.61 Å². The number of aliphatic carboxylic acids is 1. The van der Waals surface area contributed by atoms with Crippen LogP contribution in [0.1, 0.15) is 5.01 Å². The molecule has 0 aliphatic rings. The number of hydrogen-bond donors (Lipinski definition) is 1. The molecule has 0 radical (unpaired) electrons. The molecule has 1 N–H and O–H groups in total. The van der Waals surface area contributed by atoms with E-state index >= 15 is 0 Å². The van der Waals surface area contributed by atoms with E-state index in [1.807, 2.05) is 6.07 Å². The molecule has 0 fully saturated rings. The average Bonchev–Trinajstić information content (AvgIpc) is 2.59. The molecule has 0 bridgehead atoms. The molecule has 5 nitrogen and oxygen atoms in total. The molecule has 78 valence electrons.